The van der Waals surface area contributed by atoms with Gasteiger partial charge < -0.3 is 5.73 Å². The minimum Gasteiger partial charge on any atom is -0.383 e. The molecule has 0 saturated heterocycles. The minimum absolute atomic E-state index is 0.257. The van der Waals surface area contributed by atoms with Gasteiger partial charge in [-0.2, -0.15) is 5.10 Å². The zero-order valence-electron chi connectivity index (χ0n) is 13.9. The van der Waals surface area contributed by atoms with Crippen molar-refractivity contribution < 1.29 is 0 Å². The molecule has 0 unspecified atom stereocenters. The molecule has 0 aliphatic heterocycles. The highest BCUT2D eigenvalue weighted by Gasteiger charge is 2.66. The Balaban J connectivity index is 2.16. The second kappa shape index (κ2) is 4.12. The Bertz CT molecular complexity index is 676. The van der Waals surface area contributed by atoms with Crippen molar-refractivity contribution >= 4 is 5.82 Å². The summed E-state index contributed by atoms with van der Waals surface area (Å²) in [5, 5.41) is 4.75. The standard InChI is InChI=1S/C18H25N3/c1-11-7-9-12(10-8-11)13-14(20-21(6)16(13)19)15-17(2,3)18(15,4)5/h7-10,15H,19H2,1-6H3. The summed E-state index contributed by atoms with van der Waals surface area (Å²) in [4.78, 5) is 0. The van der Waals surface area contributed by atoms with Crippen molar-refractivity contribution in [1.82, 2.24) is 9.78 Å². The Morgan fingerprint density at radius 2 is 1.57 bits per heavy atom. The highest BCUT2D eigenvalue weighted by molar-refractivity contribution is 5.78. The number of anilines is 1. The van der Waals surface area contributed by atoms with Crippen LogP contribution in [0.2, 0.25) is 0 Å². The summed E-state index contributed by atoms with van der Waals surface area (Å²) in [5.74, 6) is 1.21. The highest BCUT2D eigenvalue weighted by atomic mass is 15.3. The first-order valence-corrected chi connectivity index (χ1v) is 7.57. The highest BCUT2D eigenvalue weighted by Crippen LogP contribution is 2.74. The van der Waals surface area contributed by atoms with Gasteiger partial charge >= 0.3 is 0 Å². The number of hydrogen-bond donors (Lipinski definition) is 1. The summed E-state index contributed by atoms with van der Waals surface area (Å²) >= 11 is 0. The van der Waals surface area contributed by atoms with Gasteiger partial charge in [0.25, 0.3) is 0 Å². The Kier molecular flexibility index (Phi) is 2.78. The van der Waals surface area contributed by atoms with Gasteiger partial charge in [-0.05, 0) is 23.3 Å². The fourth-order valence-electron chi connectivity index (χ4n) is 3.66. The molecule has 0 amide bonds. The molecule has 1 aromatic heterocycles. The van der Waals surface area contributed by atoms with Crippen LogP contribution >= 0.6 is 0 Å². The summed E-state index contributed by atoms with van der Waals surface area (Å²) in [6.45, 7) is 11.4. The van der Waals surface area contributed by atoms with Crippen molar-refractivity contribution in [2.24, 2.45) is 17.9 Å². The molecule has 0 radical (unpaired) electrons. The van der Waals surface area contributed by atoms with E-state index in [0.717, 1.165) is 17.1 Å². The van der Waals surface area contributed by atoms with Crippen LogP contribution in [0.5, 0.6) is 0 Å². The number of nitrogens with zero attached hydrogens (tertiary/aromatic N) is 2. The normalized spacial score (nSPS) is 19.7. The van der Waals surface area contributed by atoms with Gasteiger partial charge in [0, 0.05) is 18.5 Å². The molecule has 2 aromatic rings. The summed E-state index contributed by atoms with van der Waals surface area (Å²) in [5.41, 5.74) is 11.5. The Labute approximate surface area is 127 Å². The minimum atomic E-state index is 0.257. The van der Waals surface area contributed by atoms with Crippen LogP contribution in [-0.2, 0) is 7.05 Å². The Hall–Kier alpha value is -1.77. The molecule has 1 heterocycles. The number of nitrogens with two attached hydrogens (primary N) is 1. The van der Waals surface area contributed by atoms with E-state index in [2.05, 4.69) is 58.9 Å². The lowest BCUT2D eigenvalue weighted by atomic mass is 9.98. The summed E-state index contributed by atoms with van der Waals surface area (Å²) in [6.07, 6.45) is 0. The van der Waals surface area contributed by atoms with Gasteiger partial charge in [0.15, 0.2) is 0 Å². The Morgan fingerprint density at radius 1 is 1.05 bits per heavy atom. The molecule has 2 N–H and O–H groups in total. The SMILES string of the molecule is Cc1ccc(-c2c(C3C(C)(C)C3(C)C)nn(C)c2N)cc1. The Morgan fingerprint density at radius 3 is 2.05 bits per heavy atom. The molecule has 3 nitrogen and oxygen atoms in total. The molecule has 1 aromatic carbocycles. The molecule has 112 valence electrons. The first-order chi connectivity index (χ1) is 9.68. The van der Waals surface area contributed by atoms with Gasteiger partial charge in [0.2, 0.25) is 0 Å². The first kappa shape index (κ1) is 14.2. The number of benzene rings is 1. The van der Waals surface area contributed by atoms with Crippen molar-refractivity contribution in [2.45, 2.75) is 40.5 Å². The van der Waals surface area contributed by atoms with Gasteiger partial charge in [0.1, 0.15) is 5.82 Å². The van der Waals surface area contributed by atoms with Crippen LogP contribution in [0.25, 0.3) is 11.1 Å². The lowest BCUT2D eigenvalue weighted by molar-refractivity contribution is 0.457. The summed E-state index contributed by atoms with van der Waals surface area (Å²) < 4.78 is 1.81. The fourth-order valence-corrected chi connectivity index (χ4v) is 3.66. The van der Waals surface area contributed by atoms with E-state index in [9.17, 15) is 0 Å². The first-order valence-electron chi connectivity index (χ1n) is 7.57. The zero-order chi connectivity index (χ0) is 15.6. The quantitative estimate of drug-likeness (QED) is 0.900. The van der Waals surface area contributed by atoms with Crippen LogP contribution in [0.1, 0.15) is 44.9 Å². The predicted octanol–water partition coefficient (Wildman–Crippen LogP) is 4.13. The third-order valence-electron chi connectivity index (χ3n) is 5.75. The second-order valence-corrected chi connectivity index (χ2v) is 7.51. The van der Waals surface area contributed by atoms with Crippen molar-refractivity contribution in [1.29, 1.82) is 0 Å². The van der Waals surface area contributed by atoms with Crippen molar-refractivity contribution in [3.63, 3.8) is 0 Å². The second-order valence-electron chi connectivity index (χ2n) is 7.51. The van der Waals surface area contributed by atoms with Crippen LogP contribution in [0.3, 0.4) is 0 Å². The molecular weight excluding hydrogens is 258 g/mol. The van der Waals surface area contributed by atoms with E-state index in [1.165, 1.54) is 11.1 Å². The molecule has 1 saturated carbocycles. The summed E-state index contributed by atoms with van der Waals surface area (Å²) in [6, 6.07) is 8.56. The van der Waals surface area contributed by atoms with Gasteiger partial charge in [-0.15, -0.1) is 0 Å². The van der Waals surface area contributed by atoms with Crippen molar-refractivity contribution in [3.8, 4) is 11.1 Å². The van der Waals surface area contributed by atoms with Crippen LogP contribution in [0, 0.1) is 17.8 Å². The number of hydrogen-bond acceptors (Lipinski definition) is 2. The number of aromatic nitrogens is 2. The maximum absolute atomic E-state index is 6.32. The number of rotatable bonds is 2. The molecule has 0 spiro atoms. The molecule has 1 aliphatic carbocycles. The largest absolute Gasteiger partial charge is 0.383 e. The average Bonchev–Trinajstić information content (AvgIpc) is 2.63. The van der Waals surface area contributed by atoms with Gasteiger partial charge in [-0.3, -0.25) is 4.68 Å². The van der Waals surface area contributed by atoms with Gasteiger partial charge in [0.05, 0.1) is 5.69 Å². The topological polar surface area (TPSA) is 43.8 Å². The smallest absolute Gasteiger partial charge is 0.129 e. The fraction of sp³-hybridized carbons (Fsp3) is 0.500. The van der Waals surface area contributed by atoms with Gasteiger partial charge in [-0.1, -0.05) is 57.5 Å². The number of aryl methyl sites for hydroxylation is 2. The van der Waals surface area contributed by atoms with E-state index >= 15 is 0 Å². The summed E-state index contributed by atoms with van der Waals surface area (Å²) in [7, 11) is 1.93. The average molecular weight is 283 g/mol. The van der Waals surface area contributed by atoms with Crippen LogP contribution < -0.4 is 5.73 Å². The number of nitrogen functional groups attached to an aromatic ring is 1. The third kappa shape index (κ3) is 1.83. The van der Waals surface area contributed by atoms with E-state index < -0.39 is 0 Å². The van der Waals surface area contributed by atoms with E-state index in [1.807, 2.05) is 11.7 Å². The monoisotopic (exact) mass is 283 g/mol. The third-order valence-corrected chi connectivity index (χ3v) is 5.75. The molecule has 1 aliphatic rings. The maximum atomic E-state index is 6.32. The van der Waals surface area contributed by atoms with E-state index in [4.69, 9.17) is 10.8 Å². The molecule has 3 rings (SSSR count). The van der Waals surface area contributed by atoms with Crippen molar-refractivity contribution in [3.05, 3.63) is 35.5 Å². The van der Waals surface area contributed by atoms with Crippen molar-refractivity contribution in [2.75, 3.05) is 5.73 Å². The lowest BCUT2D eigenvalue weighted by Crippen LogP contribution is -1.98. The molecule has 3 heteroatoms. The van der Waals surface area contributed by atoms with Crippen LogP contribution in [-0.4, -0.2) is 9.78 Å². The molecule has 0 atom stereocenters. The predicted molar refractivity (Wildman–Crippen MR) is 88.1 cm³/mol. The molecule has 1 fully saturated rings. The van der Waals surface area contributed by atoms with E-state index in [-0.39, 0.29) is 10.8 Å². The van der Waals surface area contributed by atoms with E-state index in [0.29, 0.717) is 5.92 Å². The van der Waals surface area contributed by atoms with E-state index in [1.54, 1.807) is 0 Å². The molecule has 0 bridgehead atoms. The van der Waals surface area contributed by atoms with Crippen LogP contribution in [0.4, 0.5) is 5.82 Å². The maximum Gasteiger partial charge on any atom is 0.129 e. The lowest BCUT2D eigenvalue weighted by Gasteiger charge is -2.06. The van der Waals surface area contributed by atoms with Crippen LogP contribution in [0.15, 0.2) is 24.3 Å². The zero-order valence-corrected chi connectivity index (χ0v) is 13.9. The van der Waals surface area contributed by atoms with Gasteiger partial charge in [-0.25, -0.2) is 0 Å². The molecular formula is C18H25N3. The molecule has 21 heavy (non-hydrogen) atoms.